The fourth-order valence-electron chi connectivity index (χ4n) is 3.36. The van der Waals surface area contributed by atoms with Crippen molar-refractivity contribution < 1.29 is 18.7 Å². The van der Waals surface area contributed by atoms with Crippen LogP contribution in [0.25, 0.3) is 0 Å². The van der Waals surface area contributed by atoms with E-state index in [2.05, 4.69) is 4.98 Å². The molecule has 0 aromatic carbocycles. The van der Waals surface area contributed by atoms with Gasteiger partial charge in [-0.25, -0.2) is 0 Å². The standard InChI is InChI=1S/C16H23N3O4/c1-2-22-16-17-13(11-23-16)15(21)18-8-3-5-12(7-10-18)19-9-4-6-14(19)20/h11-12H,2-10H2,1H3. The maximum absolute atomic E-state index is 12.5. The van der Waals surface area contributed by atoms with Crippen molar-refractivity contribution >= 4 is 11.8 Å². The van der Waals surface area contributed by atoms with E-state index in [0.29, 0.717) is 26.1 Å². The molecule has 7 heteroatoms. The van der Waals surface area contributed by atoms with E-state index in [0.717, 1.165) is 32.2 Å². The van der Waals surface area contributed by atoms with Crippen LogP contribution in [0.4, 0.5) is 0 Å². The second-order valence-corrected chi connectivity index (χ2v) is 6.00. The van der Waals surface area contributed by atoms with E-state index >= 15 is 0 Å². The Balaban J connectivity index is 1.60. The maximum Gasteiger partial charge on any atom is 0.394 e. The van der Waals surface area contributed by atoms with E-state index in [1.165, 1.54) is 6.26 Å². The van der Waals surface area contributed by atoms with E-state index in [1.807, 2.05) is 11.8 Å². The third-order valence-electron chi connectivity index (χ3n) is 4.51. The molecule has 1 atom stereocenters. The highest BCUT2D eigenvalue weighted by molar-refractivity contribution is 5.92. The lowest BCUT2D eigenvalue weighted by molar-refractivity contribution is -0.129. The van der Waals surface area contributed by atoms with Crippen molar-refractivity contribution in [2.24, 2.45) is 0 Å². The van der Waals surface area contributed by atoms with Gasteiger partial charge in [-0.2, -0.15) is 4.98 Å². The van der Waals surface area contributed by atoms with Gasteiger partial charge >= 0.3 is 6.08 Å². The molecular formula is C16H23N3O4. The molecule has 2 aliphatic rings. The number of likely N-dealkylation sites (tertiary alicyclic amines) is 2. The van der Waals surface area contributed by atoms with Gasteiger partial charge < -0.3 is 19.0 Å². The summed E-state index contributed by atoms with van der Waals surface area (Å²) >= 11 is 0. The molecule has 3 rings (SSSR count). The van der Waals surface area contributed by atoms with Gasteiger partial charge in [-0.1, -0.05) is 0 Å². The van der Waals surface area contributed by atoms with Crippen molar-refractivity contribution in [3.05, 3.63) is 12.0 Å². The lowest BCUT2D eigenvalue weighted by atomic mass is 10.1. The minimum atomic E-state index is -0.131. The van der Waals surface area contributed by atoms with Crippen molar-refractivity contribution in [3.63, 3.8) is 0 Å². The Labute approximate surface area is 135 Å². The highest BCUT2D eigenvalue weighted by Gasteiger charge is 2.31. The molecule has 0 radical (unpaired) electrons. The molecular weight excluding hydrogens is 298 g/mol. The molecule has 0 spiro atoms. The van der Waals surface area contributed by atoms with Crippen molar-refractivity contribution in [2.45, 2.75) is 45.1 Å². The molecule has 2 aliphatic heterocycles. The second kappa shape index (κ2) is 7.02. The Kier molecular flexibility index (Phi) is 4.83. The summed E-state index contributed by atoms with van der Waals surface area (Å²) in [6, 6.07) is 0.263. The maximum atomic E-state index is 12.5. The molecule has 2 fully saturated rings. The Bertz CT molecular complexity index is 571. The van der Waals surface area contributed by atoms with Gasteiger partial charge in [-0.3, -0.25) is 9.59 Å². The van der Waals surface area contributed by atoms with E-state index in [9.17, 15) is 9.59 Å². The summed E-state index contributed by atoms with van der Waals surface area (Å²) in [5.41, 5.74) is 0.282. The van der Waals surface area contributed by atoms with E-state index in [4.69, 9.17) is 9.15 Å². The highest BCUT2D eigenvalue weighted by Crippen LogP contribution is 2.23. The van der Waals surface area contributed by atoms with Gasteiger partial charge in [0, 0.05) is 32.1 Å². The zero-order chi connectivity index (χ0) is 16.2. The quantitative estimate of drug-likeness (QED) is 0.843. The summed E-state index contributed by atoms with van der Waals surface area (Å²) in [5.74, 6) is 0.126. The van der Waals surface area contributed by atoms with Gasteiger partial charge in [0.2, 0.25) is 5.91 Å². The summed E-state index contributed by atoms with van der Waals surface area (Å²) in [7, 11) is 0. The van der Waals surface area contributed by atoms with Crippen molar-refractivity contribution in [2.75, 3.05) is 26.2 Å². The van der Waals surface area contributed by atoms with Gasteiger partial charge in [0.05, 0.1) is 6.61 Å². The zero-order valence-electron chi connectivity index (χ0n) is 13.5. The summed E-state index contributed by atoms with van der Waals surface area (Å²) in [6.07, 6.45) is 5.78. The van der Waals surface area contributed by atoms with Crippen LogP contribution >= 0.6 is 0 Å². The first-order valence-electron chi connectivity index (χ1n) is 8.36. The van der Waals surface area contributed by atoms with Gasteiger partial charge in [0.25, 0.3) is 5.91 Å². The minimum Gasteiger partial charge on any atom is -0.450 e. The van der Waals surface area contributed by atoms with Crippen LogP contribution in [0.3, 0.4) is 0 Å². The first-order valence-corrected chi connectivity index (χ1v) is 8.36. The largest absolute Gasteiger partial charge is 0.450 e. The number of hydrogen-bond acceptors (Lipinski definition) is 5. The molecule has 1 aromatic rings. The number of rotatable bonds is 4. The van der Waals surface area contributed by atoms with Crippen molar-refractivity contribution in [1.29, 1.82) is 0 Å². The predicted molar refractivity (Wildman–Crippen MR) is 82.2 cm³/mol. The predicted octanol–water partition coefficient (Wildman–Crippen LogP) is 1.69. The molecule has 23 heavy (non-hydrogen) atoms. The molecule has 0 bridgehead atoms. The van der Waals surface area contributed by atoms with Crippen LogP contribution in [0.15, 0.2) is 10.7 Å². The highest BCUT2D eigenvalue weighted by atomic mass is 16.6. The van der Waals surface area contributed by atoms with Crippen LogP contribution in [0.5, 0.6) is 6.08 Å². The average molecular weight is 321 g/mol. The van der Waals surface area contributed by atoms with Gasteiger partial charge in [-0.05, 0) is 32.6 Å². The Hall–Kier alpha value is -2.05. The number of hydrogen-bond donors (Lipinski definition) is 0. The monoisotopic (exact) mass is 321 g/mol. The first kappa shape index (κ1) is 15.8. The summed E-state index contributed by atoms with van der Waals surface area (Å²) in [6.45, 7) is 4.47. The normalized spacial score (nSPS) is 22.3. The second-order valence-electron chi connectivity index (χ2n) is 6.00. The van der Waals surface area contributed by atoms with Crippen LogP contribution in [-0.4, -0.2) is 58.9 Å². The smallest absolute Gasteiger partial charge is 0.394 e. The third-order valence-corrected chi connectivity index (χ3v) is 4.51. The number of ether oxygens (including phenoxy) is 1. The van der Waals surface area contributed by atoms with Crippen LogP contribution in [0, 0.1) is 0 Å². The van der Waals surface area contributed by atoms with Crippen molar-refractivity contribution in [1.82, 2.24) is 14.8 Å². The Morgan fingerprint density at radius 3 is 2.96 bits per heavy atom. The molecule has 126 valence electrons. The molecule has 1 aromatic heterocycles. The zero-order valence-corrected chi connectivity index (χ0v) is 13.5. The van der Waals surface area contributed by atoms with Gasteiger partial charge in [0.15, 0.2) is 5.69 Å². The molecule has 2 saturated heterocycles. The van der Waals surface area contributed by atoms with E-state index in [1.54, 1.807) is 4.90 Å². The van der Waals surface area contributed by atoms with Crippen LogP contribution < -0.4 is 4.74 Å². The summed E-state index contributed by atoms with van der Waals surface area (Å²) < 4.78 is 10.3. The molecule has 0 N–H and O–H groups in total. The molecule has 1 unspecified atom stereocenters. The fourth-order valence-corrected chi connectivity index (χ4v) is 3.36. The molecule has 7 nitrogen and oxygen atoms in total. The number of amides is 2. The van der Waals surface area contributed by atoms with Crippen molar-refractivity contribution in [3.8, 4) is 6.08 Å². The average Bonchev–Trinajstić information content (AvgIpc) is 3.10. The van der Waals surface area contributed by atoms with Gasteiger partial charge in [0.1, 0.15) is 6.26 Å². The fraction of sp³-hybridized carbons (Fsp3) is 0.688. The molecule has 2 amide bonds. The van der Waals surface area contributed by atoms with Crippen LogP contribution in [-0.2, 0) is 4.79 Å². The number of carbonyl (C=O) groups excluding carboxylic acids is 2. The summed E-state index contributed by atoms with van der Waals surface area (Å²) in [5, 5.41) is 0. The molecule has 0 saturated carbocycles. The molecule has 0 aliphatic carbocycles. The van der Waals surface area contributed by atoms with E-state index < -0.39 is 0 Å². The number of carbonyl (C=O) groups is 2. The van der Waals surface area contributed by atoms with Crippen LogP contribution in [0.1, 0.15) is 49.5 Å². The summed E-state index contributed by atoms with van der Waals surface area (Å²) in [4.78, 5) is 32.3. The lowest BCUT2D eigenvalue weighted by Crippen LogP contribution is -2.37. The lowest BCUT2D eigenvalue weighted by Gasteiger charge is -2.26. The molecule has 3 heterocycles. The number of nitrogens with zero attached hydrogens (tertiary/aromatic N) is 3. The topological polar surface area (TPSA) is 75.9 Å². The Morgan fingerprint density at radius 1 is 1.35 bits per heavy atom. The Morgan fingerprint density at radius 2 is 2.22 bits per heavy atom. The SMILES string of the molecule is CCOc1nc(C(=O)N2CCCC(N3CCCC3=O)CC2)co1. The first-order chi connectivity index (χ1) is 11.2. The van der Waals surface area contributed by atoms with Crippen LogP contribution in [0.2, 0.25) is 0 Å². The number of oxazole rings is 1. The van der Waals surface area contributed by atoms with Gasteiger partial charge in [-0.15, -0.1) is 0 Å². The number of aromatic nitrogens is 1. The minimum absolute atomic E-state index is 0.131. The third kappa shape index (κ3) is 3.48. The van der Waals surface area contributed by atoms with E-state index in [-0.39, 0.29) is 29.6 Å².